The number of benzene rings is 2. The van der Waals surface area contributed by atoms with Gasteiger partial charge in [-0.25, -0.2) is 4.39 Å². The molecule has 2 aromatic carbocycles. The maximum Gasteiger partial charge on any atom is 0.295 e. The lowest BCUT2D eigenvalue weighted by Crippen LogP contribution is -2.36. The summed E-state index contributed by atoms with van der Waals surface area (Å²) < 4.78 is 19.6. The van der Waals surface area contributed by atoms with E-state index in [-0.39, 0.29) is 24.0 Å². The number of aryl methyl sites for hydroxylation is 1. The van der Waals surface area contributed by atoms with Gasteiger partial charge in [-0.05, 0) is 37.5 Å². The molecule has 2 aliphatic rings. The minimum Gasteiger partial charge on any atom is -0.507 e. The van der Waals surface area contributed by atoms with Crippen LogP contribution < -0.4 is 0 Å². The summed E-state index contributed by atoms with van der Waals surface area (Å²) in [5.41, 5.74) is 1.85. The van der Waals surface area contributed by atoms with Gasteiger partial charge in [-0.15, -0.1) is 0 Å². The Bertz CT molecular complexity index is 977. The molecule has 1 amide bonds. The van der Waals surface area contributed by atoms with Gasteiger partial charge in [0.2, 0.25) is 0 Å². The lowest BCUT2D eigenvalue weighted by Gasteiger charge is -2.27. The number of carbonyl (C=O) groups excluding carboxylic acids is 2. The molecule has 1 N–H and O–H groups in total. The normalized spacial score (nSPS) is 23.7. The highest BCUT2D eigenvalue weighted by molar-refractivity contribution is 6.46. The van der Waals surface area contributed by atoms with Gasteiger partial charge in [0.05, 0.1) is 17.7 Å². The maximum absolute atomic E-state index is 14.0. The number of aliphatic hydroxyl groups excluding tert-OH is 1. The summed E-state index contributed by atoms with van der Waals surface area (Å²) in [6.45, 7) is 2.75. The number of carbonyl (C=O) groups is 2. The molecule has 0 bridgehead atoms. The summed E-state index contributed by atoms with van der Waals surface area (Å²) >= 11 is 0. The third-order valence-electron chi connectivity index (χ3n) is 5.45. The van der Waals surface area contributed by atoms with Gasteiger partial charge in [0.1, 0.15) is 11.6 Å². The number of rotatable bonds is 4. The van der Waals surface area contributed by atoms with E-state index in [1.54, 1.807) is 18.2 Å². The van der Waals surface area contributed by atoms with Crippen molar-refractivity contribution >= 4 is 17.4 Å². The van der Waals surface area contributed by atoms with Gasteiger partial charge in [-0.2, -0.15) is 0 Å². The van der Waals surface area contributed by atoms with Crippen molar-refractivity contribution in [2.24, 2.45) is 0 Å². The number of ketones is 1. The second-order valence-corrected chi connectivity index (χ2v) is 7.51. The average molecular weight is 395 g/mol. The molecule has 2 aliphatic heterocycles. The molecule has 0 aromatic heterocycles. The molecule has 0 aliphatic carbocycles. The van der Waals surface area contributed by atoms with Crippen LogP contribution in [0.2, 0.25) is 0 Å². The van der Waals surface area contributed by atoms with Crippen molar-refractivity contribution in [3.63, 3.8) is 0 Å². The Morgan fingerprint density at radius 1 is 1.21 bits per heavy atom. The smallest absolute Gasteiger partial charge is 0.295 e. The van der Waals surface area contributed by atoms with Gasteiger partial charge >= 0.3 is 0 Å². The number of hydrogen-bond donors (Lipinski definition) is 1. The van der Waals surface area contributed by atoms with E-state index in [1.807, 2.05) is 19.1 Å². The third-order valence-corrected chi connectivity index (χ3v) is 5.45. The van der Waals surface area contributed by atoms with Crippen LogP contribution in [0.5, 0.6) is 0 Å². The molecule has 0 spiro atoms. The van der Waals surface area contributed by atoms with Gasteiger partial charge in [-0.1, -0.05) is 42.0 Å². The molecule has 2 aromatic rings. The Morgan fingerprint density at radius 3 is 2.62 bits per heavy atom. The molecule has 29 heavy (non-hydrogen) atoms. The number of amides is 1. The van der Waals surface area contributed by atoms with Gasteiger partial charge in [0, 0.05) is 18.7 Å². The maximum atomic E-state index is 14.0. The van der Waals surface area contributed by atoms with Gasteiger partial charge in [-0.3, -0.25) is 9.59 Å². The lowest BCUT2D eigenvalue weighted by atomic mass is 9.95. The van der Waals surface area contributed by atoms with E-state index in [2.05, 4.69) is 0 Å². The summed E-state index contributed by atoms with van der Waals surface area (Å²) in [4.78, 5) is 27.1. The van der Waals surface area contributed by atoms with E-state index in [4.69, 9.17) is 4.74 Å². The number of nitrogens with zero attached hydrogens (tertiary/aromatic N) is 1. The van der Waals surface area contributed by atoms with Crippen LogP contribution in [0, 0.1) is 12.7 Å². The highest BCUT2D eigenvalue weighted by atomic mass is 19.1. The number of hydrogen-bond acceptors (Lipinski definition) is 4. The average Bonchev–Trinajstić information content (AvgIpc) is 3.30. The summed E-state index contributed by atoms with van der Waals surface area (Å²) in [7, 11) is 0. The van der Waals surface area contributed by atoms with Crippen LogP contribution in [0.3, 0.4) is 0 Å². The molecule has 2 fully saturated rings. The van der Waals surface area contributed by atoms with Gasteiger partial charge < -0.3 is 14.7 Å². The van der Waals surface area contributed by atoms with Crippen LogP contribution >= 0.6 is 0 Å². The van der Waals surface area contributed by atoms with Gasteiger partial charge in [0.15, 0.2) is 0 Å². The fraction of sp³-hybridized carbons (Fsp3) is 0.304. The Balaban J connectivity index is 1.83. The Labute approximate surface area is 168 Å². The van der Waals surface area contributed by atoms with Crippen molar-refractivity contribution < 1.29 is 23.8 Å². The molecular weight excluding hydrogens is 373 g/mol. The van der Waals surface area contributed by atoms with Crippen LogP contribution in [0.4, 0.5) is 4.39 Å². The standard InChI is InChI=1S/C23H22FNO4/c1-14-7-9-15(10-8-14)21(26)19-20(16-4-2-5-17(24)12-16)25(23(28)22(19)27)13-18-6-3-11-29-18/h2,4-5,7-10,12,18,20,26H,3,6,11,13H2,1H3. The minimum atomic E-state index is -0.865. The zero-order chi connectivity index (χ0) is 20.5. The predicted octanol–water partition coefficient (Wildman–Crippen LogP) is 3.73. The van der Waals surface area contributed by atoms with E-state index < -0.39 is 23.5 Å². The zero-order valence-corrected chi connectivity index (χ0v) is 16.1. The topological polar surface area (TPSA) is 66.8 Å². The van der Waals surface area contributed by atoms with E-state index >= 15 is 0 Å². The van der Waals surface area contributed by atoms with E-state index in [0.29, 0.717) is 17.7 Å². The number of likely N-dealkylation sites (tertiary alicyclic amines) is 1. The van der Waals surface area contributed by atoms with Gasteiger partial charge in [0.25, 0.3) is 11.7 Å². The quantitative estimate of drug-likeness (QED) is 0.487. The lowest BCUT2D eigenvalue weighted by molar-refractivity contribution is -0.140. The zero-order valence-electron chi connectivity index (χ0n) is 16.1. The Morgan fingerprint density at radius 2 is 1.97 bits per heavy atom. The summed E-state index contributed by atoms with van der Waals surface area (Å²) in [5.74, 6) is -2.20. The summed E-state index contributed by atoms with van der Waals surface area (Å²) in [6, 6.07) is 11.9. The number of Topliss-reactive ketones (excluding diaryl/α,β-unsaturated/α-hetero) is 1. The molecule has 2 atom stereocenters. The van der Waals surface area contributed by atoms with Crippen LogP contribution in [0.15, 0.2) is 54.1 Å². The first-order valence-electron chi connectivity index (χ1n) is 9.68. The molecule has 0 radical (unpaired) electrons. The molecule has 5 nitrogen and oxygen atoms in total. The number of aliphatic hydroxyl groups is 1. The third kappa shape index (κ3) is 3.68. The van der Waals surface area contributed by atoms with Crippen molar-refractivity contribution in [2.75, 3.05) is 13.2 Å². The molecule has 6 heteroatoms. The second kappa shape index (κ2) is 7.79. The predicted molar refractivity (Wildman–Crippen MR) is 106 cm³/mol. The van der Waals surface area contributed by atoms with Crippen LogP contribution in [0.25, 0.3) is 5.76 Å². The monoisotopic (exact) mass is 395 g/mol. The van der Waals surface area contributed by atoms with Crippen molar-refractivity contribution in [3.8, 4) is 0 Å². The first-order valence-corrected chi connectivity index (χ1v) is 9.68. The van der Waals surface area contributed by atoms with Crippen molar-refractivity contribution in [1.82, 2.24) is 4.90 Å². The highest BCUT2D eigenvalue weighted by Crippen LogP contribution is 2.40. The largest absolute Gasteiger partial charge is 0.507 e. The van der Waals surface area contributed by atoms with Crippen molar-refractivity contribution in [1.29, 1.82) is 0 Å². The first-order chi connectivity index (χ1) is 14.0. The van der Waals surface area contributed by atoms with Crippen molar-refractivity contribution in [2.45, 2.75) is 31.9 Å². The second-order valence-electron chi connectivity index (χ2n) is 7.51. The number of ether oxygens (including phenoxy) is 1. The Kier molecular flexibility index (Phi) is 5.20. The highest BCUT2D eigenvalue weighted by Gasteiger charge is 2.47. The Hall–Kier alpha value is -2.99. The van der Waals surface area contributed by atoms with E-state index in [0.717, 1.165) is 18.4 Å². The first kappa shape index (κ1) is 19.3. The minimum absolute atomic E-state index is 0.0255. The molecule has 2 saturated heterocycles. The SMILES string of the molecule is Cc1ccc(C(O)=C2C(=O)C(=O)N(CC3CCCO3)C2c2cccc(F)c2)cc1. The molecule has 4 rings (SSSR count). The fourth-order valence-electron chi connectivity index (χ4n) is 3.97. The van der Waals surface area contributed by atoms with Crippen LogP contribution in [-0.2, 0) is 14.3 Å². The molecule has 0 saturated carbocycles. The van der Waals surface area contributed by atoms with Crippen molar-refractivity contribution in [3.05, 3.63) is 76.6 Å². The fourth-order valence-corrected chi connectivity index (χ4v) is 3.97. The summed E-state index contributed by atoms with van der Waals surface area (Å²) in [5, 5.41) is 10.9. The molecule has 150 valence electrons. The summed E-state index contributed by atoms with van der Waals surface area (Å²) in [6.07, 6.45) is 1.50. The van der Waals surface area contributed by atoms with E-state index in [9.17, 15) is 19.1 Å². The van der Waals surface area contributed by atoms with Crippen LogP contribution in [0.1, 0.15) is 35.6 Å². The molecule has 2 unspecified atom stereocenters. The molecular formula is C23H22FNO4. The number of halogens is 1. The van der Waals surface area contributed by atoms with Crippen LogP contribution in [-0.4, -0.2) is 41.0 Å². The molecule has 2 heterocycles. The van der Waals surface area contributed by atoms with E-state index in [1.165, 1.54) is 23.1 Å².